The Labute approximate surface area is 369 Å². The molecule has 4 aliphatic rings. The minimum Gasteiger partial charge on any atom is -0.333 e. The first kappa shape index (κ1) is 36.3. The van der Waals surface area contributed by atoms with Gasteiger partial charge in [-0.1, -0.05) is 149 Å². The van der Waals surface area contributed by atoms with Crippen LogP contribution in [0.5, 0.6) is 0 Å². The molecule has 0 spiro atoms. The van der Waals surface area contributed by atoms with Gasteiger partial charge in [-0.2, -0.15) is 0 Å². The quantitative estimate of drug-likeness (QED) is 0.172. The van der Waals surface area contributed by atoms with Crippen molar-refractivity contribution in [2.75, 3.05) is 9.80 Å². The second-order valence-corrected chi connectivity index (χ2v) is 18.9. The Morgan fingerprint density at radius 2 is 0.921 bits per heavy atom. The summed E-state index contributed by atoms with van der Waals surface area (Å²) >= 11 is 0. The minimum absolute atomic E-state index is 0.199. The molecular formula is C60H47N3. The maximum Gasteiger partial charge on any atom is 0.0629 e. The van der Waals surface area contributed by atoms with E-state index in [1.165, 1.54) is 94.6 Å². The first-order chi connectivity index (χ1) is 30.8. The summed E-state index contributed by atoms with van der Waals surface area (Å²) in [6.45, 7) is 9.61. The molecule has 8 aromatic carbocycles. The van der Waals surface area contributed by atoms with Gasteiger partial charge in [0, 0.05) is 61.6 Å². The normalized spacial score (nSPS) is 17.9. The number of rotatable bonds is 5. The molecule has 0 saturated heterocycles. The fraction of sp³-hybridized carbons (Fsp3) is 0.133. The molecule has 2 unspecified atom stereocenters. The number of para-hydroxylation sites is 4. The summed E-state index contributed by atoms with van der Waals surface area (Å²) in [5.41, 5.74) is 21.4. The number of nitrogens with zero attached hydrogens (tertiary/aromatic N) is 3. The number of benzene rings is 8. The molecular weight excluding hydrogens is 763 g/mol. The zero-order chi connectivity index (χ0) is 42.2. The van der Waals surface area contributed by atoms with Gasteiger partial charge in [0.25, 0.3) is 0 Å². The average molecular weight is 810 g/mol. The third-order valence-corrected chi connectivity index (χ3v) is 14.9. The van der Waals surface area contributed by atoms with Crippen molar-refractivity contribution in [1.29, 1.82) is 0 Å². The van der Waals surface area contributed by atoms with Gasteiger partial charge in [-0.15, -0.1) is 0 Å². The Hall–Kier alpha value is -7.36. The topological polar surface area (TPSA) is 11.4 Å². The van der Waals surface area contributed by atoms with Gasteiger partial charge in [0.05, 0.1) is 17.1 Å². The Morgan fingerprint density at radius 1 is 0.429 bits per heavy atom. The van der Waals surface area contributed by atoms with Gasteiger partial charge in [-0.3, -0.25) is 0 Å². The molecule has 2 heterocycles. The summed E-state index contributed by atoms with van der Waals surface area (Å²) in [7, 11) is 0. The molecule has 3 nitrogen and oxygen atoms in total. The highest BCUT2D eigenvalue weighted by Gasteiger charge is 2.41. The van der Waals surface area contributed by atoms with Crippen LogP contribution in [-0.4, -0.2) is 10.6 Å². The van der Waals surface area contributed by atoms with E-state index in [-0.39, 0.29) is 16.9 Å². The predicted molar refractivity (Wildman–Crippen MR) is 264 cm³/mol. The van der Waals surface area contributed by atoms with Gasteiger partial charge < -0.3 is 14.4 Å². The molecule has 0 fully saturated rings. The fourth-order valence-electron chi connectivity index (χ4n) is 11.8. The lowest BCUT2D eigenvalue weighted by atomic mass is 9.81. The van der Waals surface area contributed by atoms with E-state index >= 15 is 0 Å². The number of aromatic nitrogens is 1. The Kier molecular flexibility index (Phi) is 7.54. The zero-order valence-corrected chi connectivity index (χ0v) is 36.0. The van der Waals surface area contributed by atoms with Crippen molar-refractivity contribution in [3.63, 3.8) is 0 Å². The zero-order valence-electron chi connectivity index (χ0n) is 36.0. The molecule has 1 aliphatic heterocycles. The molecule has 0 amide bonds. The van der Waals surface area contributed by atoms with Gasteiger partial charge >= 0.3 is 0 Å². The van der Waals surface area contributed by atoms with E-state index < -0.39 is 0 Å². The number of fused-ring (bicyclic) bond motifs is 12. The van der Waals surface area contributed by atoms with Crippen LogP contribution in [0.3, 0.4) is 0 Å². The monoisotopic (exact) mass is 809 g/mol. The van der Waals surface area contributed by atoms with Crippen LogP contribution in [0.1, 0.15) is 61.4 Å². The van der Waals surface area contributed by atoms with Crippen LogP contribution in [0.4, 0.5) is 28.4 Å². The molecule has 9 aromatic rings. The van der Waals surface area contributed by atoms with Crippen molar-refractivity contribution in [2.45, 2.75) is 50.5 Å². The lowest BCUT2D eigenvalue weighted by molar-refractivity contribution is 0.659. The van der Waals surface area contributed by atoms with Crippen LogP contribution in [0.25, 0.3) is 49.7 Å². The molecule has 0 bridgehead atoms. The van der Waals surface area contributed by atoms with E-state index in [2.05, 4.69) is 242 Å². The molecule has 1 aromatic heterocycles. The maximum atomic E-state index is 2.56. The summed E-state index contributed by atoms with van der Waals surface area (Å²) in [5, 5.41) is 2.57. The highest BCUT2D eigenvalue weighted by molar-refractivity contribution is 6.09. The van der Waals surface area contributed by atoms with Crippen molar-refractivity contribution in [1.82, 2.24) is 4.57 Å². The molecule has 3 heteroatoms. The lowest BCUT2D eigenvalue weighted by Gasteiger charge is -2.31. The molecule has 13 rings (SSSR count). The third-order valence-electron chi connectivity index (χ3n) is 14.9. The molecule has 2 atom stereocenters. The lowest BCUT2D eigenvalue weighted by Crippen LogP contribution is -2.28. The van der Waals surface area contributed by atoms with Crippen LogP contribution < -0.4 is 9.80 Å². The number of hydrogen-bond donors (Lipinski definition) is 0. The van der Waals surface area contributed by atoms with Crippen molar-refractivity contribution in [3.05, 3.63) is 228 Å². The van der Waals surface area contributed by atoms with E-state index in [1.54, 1.807) is 0 Å². The van der Waals surface area contributed by atoms with Gasteiger partial charge in [0.2, 0.25) is 0 Å². The number of hydrogen-bond acceptors (Lipinski definition) is 2. The first-order valence-corrected chi connectivity index (χ1v) is 22.4. The van der Waals surface area contributed by atoms with Gasteiger partial charge in [-0.05, 0) is 129 Å². The standard InChI is InChI=1S/C60H47N3/c1-59(2)51-34-39(26-30-43(51)45-32-28-41(36-53(45)59)62-55-22-12-8-18-47(55)48-19-9-13-23-56(48)62)61(38-16-6-5-7-17-38)40-27-31-44-46-33-29-42(37-54(46)60(3,4)52(44)35-40)63-57-24-14-10-20-49(57)50-21-11-15-25-58(50)63/h5-37,47,55H,1-4H3. The Bertz CT molecular complexity index is 3380. The summed E-state index contributed by atoms with van der Waals surface area (Å²) < 4.78 is 2.44. The Morgan fingerprint density at radius 3 is 1.56 bits per heavy atom. The largest absolute Gasteiger partial charge is 0.333 e. The van der Waals surface area contributed by atoms with Gasteiger partial charge in [-0.25, -0.2) is 0 Å². The summed E-state index contributed by atoms with van der Waals surface area (Å²) in [4.78, 5) is 5.01. The van der Waals surface area contributed by atoms with Crippen LogP contribution >= 0.6 is 0 Å². The van der Waals surface area contributed by atoms with Gasteiger partial charge in [0.15, 0.2) is 0 Å². The van der Waals surface area contributed by atoms with E-state index in [9.17, 15) is 0 Å². The average Bonchev–Trinajstić information content (AvgIpc) is 3.98. The summed E-state index contributed by atoms with van der Waals surface area (Å²) in [6, 6.07) is 66.3. The number of allylic oxidation sites excluding steroid dienone is 2. The highest BCUT2D eigenvalue weighted by Crippen LogP contribution is 2.55. The van der Waals surface area contributed by atoms with E-state index in [0.29, 0.717) is 5.92 Å². The van der Waals surface area contributed by atoms with Crippen LogP contribution in [0, 0.1) is 0 Å². The molecule has 63 heavy (non-hydrogen) atoms. The summed E-state index contributed by atoms with van der Waals surface area (Å²) in [5.74, 6) is 0.360. The van der Waals surface area contributed by atoms with E-state index in [0.717, 1.165) is 11.4 Å². The van der Waals surface area contributed by atoms with Crippen LogP contribution in [0.2, 0.25) is 0 Å². The predicted octanol–water partition coefficient (Wildman–Crippen LogP) is 15.6. The van der Waals surface area contributed by atoms with Crippen molar-refractivity contribution < 1.29 is 0 Å². The maximum absolute atomic E-state index is 2.56. The molecule has 0 N–H and O–H groups in total. The van der Waals surface area contributed by atoms with E-state index in [1.807, 2.05) is 0 Å². The Balaban J connectivity index is 0.890. The fourth-order valence-corrected chi connectivity index (χ4v) is 11.8. The van der Waals surface area contributed by atoms with Crippen molar-refractivity contribution in [3.8, 4) is 27.9 Å². The first-order valence-electron chi connectivity index (χ1n) is 22.4. The SMILES string of the molecule is CC1(C)c2cc(N(c3ccccc3)c3ccc4c(c3)C(C)(C)c3cc(-n5c6ccccc6c6ccccc65)ccc3-4)ccc2-c2ccc(N3c4ccccc4C4C=CC=CC43)cc21. The van der Waals surface area contributed by atoms with Crippen LogP contribution in [0.15, 0.2) is 200 Å². The smallest absolute Gasteiger partial charge is 0.0629 e. The molecule has 302 valence electrons. The summed E-state index contributed by atoms with van der Waals surface area (Å²) in [6.07, 6.45) is 9.14. The second kappa shape index (κ2) is 13.1. The van der Waals surface area contributed by atoms with E-state index in [4.69, 9.17) is 0 Å². The van der Waals surface area contributed by atoms with Crippen molar-refractivity contribution in [2.24, 2.45) is 0 Å². The molecule has 0 saturated carbocycles. The molecule has 0 radical (unpaired) electrons. The molecule has 3 aliphatic carbocycles. The second-order valence-electron chi connectivity index (χ2n) is 18.9. The van der Waals surface area contributed by atoms with Crippen LogP contribution in [-0.2, 0) is 10.8 Å². The number of anilines is 5. The minimum atomic E-state index is -0.212. The van der Waals surface area contributed by atoms with Crippen molar-refractivity contribution >= 4 is 50.2 Å². The van der Waals surface area contributed by atoms with Gasteiger partial charge in [0.1, 0.15) is 0 Å². The third kappa shape index (κ3) is 5.08. The highest BCUT2D eigenvalue weighted by atomic mass is 15.2.